The molecule has 0 radical (unpaired) electrons. The van der Waals surface area contributed by atoms with Crippen molar-refractivity contribution in [2.24, 2.45) is 0 Å². The van der Waals surface area contributed by atoms with Gasteiger partial charge in [0.05, 0.1) is 5.69 Å². The summed E-state index contributed by atoms with van der Waals surface area (Å²) in [5.74, 6) is 1.31. The van der Waals surface area contributed by atoms with Crippen molar-refractivity contribution >= 4 is 33.8 Å². The van der Waals surface area contributed by atoms with Gasteiger partial charge in [-0.1, -0.05) is 90.4 Å². The van der Waals surface area contributed by atoms with Gasteiger partial charge in [0.25, 0.3) is 0 Å². The number of nitrogens with two attached hydrogens (primary N) is 1. The van der Waals surface area contributed by atoms with Gasteiger partial charge in [0, 0.05) is 11.4 Å². The van der Waals surface area contributed by atoms with Crippen LogP contribution in [0, 0.1) is 13.8 Å². The molecule has 0 saturated heterocycles. The van der Waals surface area contributed by atoms with E-state index < -0.39 is 0 Å². The molecule has 2 aromatic heterocycles. The molecule has 0 aromatic carbocycles. The zero-order valence-corrected chi connectivity index (χ0v) is 21.3. The molecule has 7 heteroatoms. The molecule has 0 aliphatic carbocycles. The quantitative estimate of drug-likeness (QED) is 0.197. The zero-order valence-electron chi connectivity index (χ0n) is 20.5. The Morgan fingerprint density at radius 1 is 0.781 bits per heavy atom. The largest absolute Gasteiger partial charge is 0.393 e. The van der Waals surface area contributed by atoms with Crippen LogP contribution in [0.1, 0.15) is 107 Å². The fourth-order valence-electron chi connectivity index (χ4n) is 3.79. The Hall–Kier alpha value is -1.89. The first-order valence-electron chi connectivity index (χ1n) is 12.7. The number of nitrogens with one attached hydrogen (secondary N) is 2. The lowest BCUT2D eigenvalue weighted by Crippen LogP contribution is -2.09. The molecule has 32 heavy (non-hydrogen) atoms. The van der Waals surface area contributed by atoms with Gasteiger partial charge in [-0.2, -0.15) is 0 Å². The van der Waals surface area contributed by atoms with Crippen LogP contribution >= 0.6 is 11.3 Å². The van der Waals surface area contributed by atoms with Gasteiger partial charge >= 0.3 is 0 Å². The molecular weight excluding hydrogens is 416 g/mol. The van der Waals surface area contributed by atoms with Crippen molar-refractivity contribution in [3.63, 3.8) is 0 Å². The average molecular weight is 461 g/mol. The summed E-state index contributed by atoms with van der Waals surface area (Å²) in [5, 5.41) is 7.39. The number of nitrogens with zero attached hydrogens (tertiary/aromatic N) is 3. The maximum Gasteiger partial charge on any atom is 0.188 e. The van der Waals surface area contributed by atoms with Crippen molar-refractivity contribution in [3.05, 3.63) is 16.9 Å². The van der Waals surface area contributed by atoms with E-state index >= 15 is 0 Å². The summed E-state index contributed by atoms with van der Waals surface area (Å²) in [6.45, 7) is 7.23. The van der Waals surface area contributed by atoms with E-state index in [0.29, 0.717) is 17.3 Å². The summed E-state index contributed by atoms with van der Waals surface area (Å²) in [7, 11) is 0. The van der Waals surface area contributed by atoms with Gasteiger partial charge in [0.2, 0.25) is 0 Å². The van der Waals surface area contributed by atoms with E-state index in [2.05, 4.69) is 39.4 Å². The Morgan fingerprint density at radius 3 is 1.84 bits per heavy atom. The Morgan fingerprint density at radius 2 is 1.31 bits per heavy atom. The maximum atomic E-state index is 6.26. The monoisotopic (exact) mass is 460 g/mol. The smallest absolute Gasteiger partial charge is 0.188 e. The molecule has 2 heterocycles. The van der Waals surface area contributed by atoms with Gasteiger partial charge in [-0.05, 0) is 20.3 Å². The minimum absolute atomic E-state index is 0.545. The first-order chi connectivity index (χ1) is 15.6. The van der Waals surface area contributed by atoms with E-state index in [1.165, 1.54) is 88.3 Å². The third-order valence-electron chi connectivity index (χ3n) is 5.96. The highest BCUT2D eigenvalue weighted by Gasteiger charge is 2.10. The van der Waals surface area contributed by atoms with E-state index in [1.54, 1.807) is 17.7 Å². The van der Waals surface area contributed by atoms with Crippen LogP contribution in [0.25, 0.3) is 0 Å². The van der Waals surface area contributed by atoms with Crippen molar-refractivity contribution < 1.29 is 0 Å². The Kier molecular flexibility index (Phi) is 13.0. The molecule has 0 aliphatic rings. The lowest BCUT2D eigenvalue weighted by molar-refractivity contribution is 0.537. The third kappa shape index (κ3) is 10.2. The molecule has 0 saturated carbocycles. The zero-order chi connectivity index (χ0) is 23.0. The molecule has 0 aliphatic heterocycles. The third-order valence-corrected chi connectivity index (χ3v) is 6.95. The highest BCUT2D eigenvalue weighted by Crippen LogP contribution is 2.29. The summed E-state index contributed by atoms with van der Waals surface area (Å²) in [6, 6.07) is 0. The van der Waals surface area contributed by atoms with Gasteiger partial charge in [-0.15, -0.1) is 11.3 Å². The van der Waals surface area contributed by atoms with Crippen LogP contribution < -0.4 is 16.4 Å². The standard InChI is InChI=1S/C25H44N6S/c1-4-5-6-7-8-9-10-11-12-13-14-15-16-17-18-27-23-22(26)24(29-19-28-23)31-25-30-20(2)21(3)32-25/h19H,4-18,26H2,1-3H3,(H2,27,28,29,30,31). The number of anilines is 4. The number of aromatic nitrogens is 3. The van der Waals surface area contributed by atoms with Crippen LogP contribution in [0.4, 0.5) is 22.5 Å². The number of nitrogen functional groups attached to an aromatic ring is 1. The molecular formula is C25H44N6S. The van der Waals surface area contributed by atoms with E-state index in [1.807, 2.05) is 6.92 Å². The Balaban J connectivity index is 1.50. The lowest BCUT2D eigenvalue weighted by atomic mass is 10.0. The first kappa shape index (κ1) is 26.4. The molecule has 180 valence electrons. The second-order valence-corrected chi connectivity index (χ2v) is 10.00. The van der Waals surface area contributed by atoms with Gasteiger partial charge in [-0.25, -0.2) is 15.0 Å². The number of thiazole rings is 1. The Bertz CT molecular complexity index is 741. The highest BCUT2D eigenvalue weighted by atomic mass is 32.1. The van der Waals surface area contributed by atoms with Crippen molar-refractivity contribution in [1.29, 1.82) is 0 Å². The van der Waals surface area contributed by atoms with Gasteiger partial charge < -0.3 is 16.4 Å². The fraction of sp³-hybridized carbons (Fsp3) is 0.720. The summed E-state index contributed by atoms with van der Waals surface area (Å²) in [5.41, 5.74) is 7.84. The number of unbranched alkanes of at least 4 members (excludes halogenated alkanes) is 13. The van der Waals surface area contributed by atoms with Crippen LogP contribution in [0.2, 0.25) is 0 Å². The van der Waals surface area contributed by atoms with Crippen molar-refractivity contribution in [1.82, 2.24) is 15.0 Å². The predicted molar refractivity (Wildman–Crippen MR) is 140 cm³/mol. The molecule has 0 bridgehead atoms. The topological polar surface area (TPSA) is 88.8 Å². The molecule has 0 fully saturated rings. The van der Waals surface area contributed by atoms with Crippen molar-refractivity contribution in [2.75, 3.05) is 22.9 Å². The highest BCUT2D eigenvalue weighted by molar-refractivity contribution is 7.15. The Labute approximate surface area is 199 Å². The minimum atomic E-state index is 0.545. The van der Waals surface area contributed by atoms with Crippen LogP contribution in [0.3, 0.4) is 0 Å². The summed E-state index contributed by atoms with van der Waals surface area (Å²) >= 11 is 1.60. The predicted octanol–water partition coefficient (Wildman–Crippen LogP) is 7.77. The first-order valence-corrected chi connectivity index (χ1v) is 13.5. The van der Waals surface area contributed by atoms with Gasteiger partial charge in [0.15, 0.2) is 16.8 Å². The second-order valence-electron chi connectivity index (χ2n) is 8.79. The minimum Gasteiger partial charge on any atom is -0.393 e. The molecule has 0 unspecified atom stereocenters. The van der Waals surface area contributed by atoms with Crippen LogP contribution in [-0.4, -0.2) is 21.5 Å². The number of hydrogen-bond acceptors (Lipinski definition) is 7. The number of rotatable bonds is 18. The lowest BCUT2D eigenvalue weighted by Gasteiger charge is -2.11. The molecule has 2 rings (SSSR count). The van der Waals surface area contributed by atoms with Crippen LogP contribution in [0.15, 0.2) is 6.33 Å². The molecule has 6 nitrogen and oxygen atoms in total. The van der Waals surface area contributed by atoms with Crippen LogP contribution in [0.5, 0.6) is 0 Å². The van der Waals surface area contributed by atoms with Crippen molar-refractivity contribution in [3.8, 4) is 0 Å². The number of aryl methyl sites for hydroxylation is 2. The SMILES string of the molecule is CCCCCCCCCCCCCCCCNc1ncnc(Nc2nc(C)c(C)s2)c1N. The van der Waals surface area contributed by atoms with E-state index in [0.717, 1.165) is 23.8 Å². The van der Waals surface area contributed by atoms with Gasteiger partial charge in [0.1, 0.15) is 12.0 Å². The number of hydrogen-bond donors (Lipinski definition) is 3. The second kappa shape index (κ2) is 15.8. The average Bonchev–Trinajstić information content (AvgIpc) is 3.10. The summed E-state index contributed by atoms with van der Waals surface area (Å²) in [4.78, 5) is 14.3. The molecule has 2 aromatic rings. The molecule has 0 spiro atoms. The molecule has 0 atom stereocenters. The summed E-state index contributed by atoms with van der Waals surface area (Å²) < 4.78 is 0. The fourth-order valence-corrected chi connectivity index (χ4v) is 4.60. The van der Waals surface area contributed by atoms with Crippen molar-refractivity contribution in [2.45, 2.75) is 111 Å². The summed E-state index contributed by atoms with van der Waals surface area (Å²) in [6.07, 6.45) is 20.7. The van der Waals surface area contributed by atoms with E-state index in [9.17, 15) is 0 Å². The van der Waals surface area contributed by atoms with E-state index in [-0.39, 0.29) is 0 Å². The van der Waals surface area contributed by atoms with E-state index in [4.69, 9.17) is 5.73 Å². The normalized spacial score (nSPS) is 11.1. The molecule has 4 N–H and O–H groups in total. The van der Waals surface area contributed by atoms with Gasteiger partial charge in [-0.3, -0.25) is 0 Å². The molecule has 0 amide bonds. The maximum absolute atomic E-state index is 6.26. The van der Waals surface area contributed by atoms with Crippen LogP contribution in [-0.2, 0) is 0 Å².